The van der Waals surface area contributed by atoms with Crippen LogP contribution < -0.4 is 16.4 Å². The zero-order valence-corrected chi connectivity index (χ0v) is 9.49. The number of nitrogens with zero attached hydrogens (tertiary/aromatic N) is 2. The highest BCUT2D eigenvalue weighted by Gasteiger charge is 2.02. The van der Waals surface area contributed by atoms with Gasteiger partial charge in [-0.25, -0.2) is 9.97 Å². The number of rotatable bonds is 5. The van der Waals surface area contributed by atoms with E-state index in [1.165, 1.54) is 6.33 Å². The van der Waals surface area contributed by atoms with E-state index in [4.69, 9.17) is 5.73 Å². The Hall–Kier alpha value is -1.36. The molecule has 0 amide bonds. The van der Waals surface area contributed by atoms with E-state index < -0.39 is 0 Å². The predicted molar refractivity (Wildman–Crippen MR) is 62.9 cm³/mol. The maximum atomic E-state index is 5.52. The molecule has 0 bridgehead atoms. The van der Waals surface area contributed by atoms with E-state index >= 15 is 0 Å². The number of nitrogens with one attached hydrogen (secondary N) is 2. The van der Waals surface area contributed by atoms with Crippen molar-refractivity contribution in [1.29, 1.82) is 0 Å². The van der Waals surface area contributed by atoms with E-state index in [-0.39, 0.29) is 6.04 Å². The summed E-state index contributed by atoms with van der Waals surface area (Å²) in [6.07, 6.45) is 1.54. The Morgan fingerprint density at radius 3 is 2.33 bits per heavy atom. The zero-order valence-electron chi connectivity index (χ0n) is 9.49. The van der Waals surface area contributed by atoms with Crippen molar-refractivity contribution in [3.63, 3.8) is 0 Å². The molecule has 0 aliphatic carbocycles. The highest BCUT2D eigenvalue weighted by atomic mass is 15.1. The van der Waals surface area contributed by atoms with Gasteiger partial charge in [-0.3, -0.25) is 0 Å². The predicted octanol–water partition coefficient (Wildman–Crippen LogP) is 1.06. The number of hydrogen-bond donors (Lipinski definition) is 3. The van der Waals surface area contributed by atoms with Crippen LogP contribution in [0.1, 0.15) is 20.8 Å². The maximum absolute atomic E-state index is 5.52. The molecular formula is C10H19N5. The van der Waals surface area contributed by atoms with Gasteiger partial charge in [-0.05, 0) is 20.8 Å². The van der Waals surface area contributed by atoms with Crippen molar-refractivity contribution in [3.8, 4) is 0 Å². The largest absolute Gasteiger partial charge is 0.368 e. The molecule has 1 heterocycles. The molecule has 84 valence electrons. The van der Waals surface area contributed by atoms with Gasteiger partial charge in [-0.1, -0.05) is 0 Å². The highest BCUT2D eigenvalue weighted by molar-refractivity contribution is 5.47. The van der Waals surface area contributed by atoms with Gasteiger partial charge in [0.15, 0.2) is 0 Å². The number of hydrogen-bond acceptors (Lipinski definition) is 5. The van der Waals surface area contributed by atoms with Crippen LogP contribution in [0.2, 0.25) is 0 Å². The van der Waals surface area contributed by atoms with Gasteiger partial charge in [0.2, 0.25) is 0 Å². The van der Waals surface area contributed by atoms with Crippen LogP contribution >= 0.6 is 0 Å². The van der Waals surface area contributed by atoms with Crippen molar-refractivity contribution in [2.75, 3.05) is 17.2 Å². The molecule has 0 aromatic carbocycles. The average Bonchev–Trinajstić information content (AvgIpc) is 2.17. The molecule has 5 nitrogen and oxygen atoms in total. The monoisotopic (exact) mass is 209 g/mol. The van der Waals surface area contributed by atoms with Crippen LogP contribution in [0.4, 0.5) is 11.6 Å². The minimum atomic E-state index is 0.215. The Bertz CT molecular complexity index is 300. The maximum Gasteiger partial charge on any atom is 0.131 e. The SMILES string of the molecule is CC(C)Nc1cc(NC(C)CN)ncn1. The average molecular weight is 209 g/mol. The van der Waals surface area contributed by atoms with Gasteiger partial charge in [0.1, 0.15) is 18.0 Å². The first-order valence-corrected chi connectivity index (χ1v) is 5.17. The fourth-order valence-corrected chi connectivity index (χ4v) is 1.12. The lowest BCUT2D eigenvalue weighted by Gasteiger charge is -2.13. The van der Waals surface area contributed by atoms with Crippen LogP contribution in [0.3, 0.4) is 0 Å². The minimum Gasteiger partial charge on any atom is -0.368 e. The summed E-state index contributed by atoms with van der Waals surface area (Å²) < 4.78 is 0. The molecule has 0 fully saturated rings. The molecular weight excluding hydrogens is 190 g/mol. The minimum absolute atomic E-state index is 0.215. The molecule has 1 aromatic rings. The normalized spacial score (nSPS) is 12.6. The van der Waals surface area contributed by atoms with Crippen LogP contribution in [0, 0.1) is 0 Å². The Labute approximate surface area is 90.5 Å². The number of aromatic nitrogens is 2. The fraction of sp³-hybridized carbons (Fsp3) is 0.600. The summed E-state index contributed by atoms with van der Waals surface area (Å²) in [4.78, 5) is 8.24. The smallest absolute Gasteiger partial charge is 0.131 e. The third-order valence-corrected chi connectivity index (χ3v) is 1.85. The van der Waals surface area contributed by atoms with E-state index in [9.17, 15) is 0 Å². The van der Waals surface area contributed by atoms with Crippen molar-refractivity contribution < 1.29 is 0 Å². The summed E-state index contributed by atoms with van der Waals surface area (Å²) in [5.41, 5.74) is 5.52. The van der Waals surface area contributed by atoms with Crippen molar-refractivity contribution in [2.24, 2.45) is 5.73 Å². The van der Waals surface area contributed by atoms with Gasteiger partial charge >= 0.3 is 0 Å². The van der Waals surface area contributed by atoms with Gasteiger partial charge in [-0.2, -0.15) is 0 Å². The molecule has 0 radical (unpaired) electrons. The second-order valence-corrected chi connectivity index (χ2v) is 3.87. The molecule has 1 unspecified atom stereocenters. The van der Waals surface area contributed by atoms with Crippen LogP contribution in [0.15, 0.2) is 12.4 Å². The van der Waals surface area contributed by atoms with Crippen LogP contribution in [0.25, 0.3) is 0 Å². The van der Waals surface area contributed by atoms with E-state index in [1.54, 1.807) is 0 Å². The van der Waals surface area contributed by atoms with Gasteiger partial charge in [0, 0.05) is 24.7 Å². The molecule has 5 heteroatoms. The molecule has 1 aromatic heterocycles. The lowest BCUT2D eigenvalue weighted by molar-refractivity contribution is 0.796. The Kier molecular flexibility index (Phi) is 4.30. The van der Waals surface area contributed by atoms with E-state index in [0.717, 1.165) is 11.6 Å². The van der Waals surface area contributed by atoms with Crippen LogP contribution in [0.5, 0.6) is 0 Å². The lowest BCUT2D eigenvalue weighted by Crippen LogP contribution is -2.25. The molecule has 15 heavy (non-hydrogen) atoms. The third kappa shape index (κ3) is 4.12. The fourth-order valence-electron chi connectivity index (χ4n) is 1.12. The topological polar surface area (TPSA) is 75.9 Å². The second-order valence-electron chi connectivity index (χ2n) is 3.87. The first-order valence-electron chi connectivity index (χ1n) is 5.17. The van der Waals surface area contributed by atoms with Crippen molar-refractivity contribution >= 4 is 11.6 Å². The molecule has 0 saturated heterocycles. The Morgan fingerprint density at radius 2 is 1.80 bits per heavy atom. The Morgan fingerprint density at radius 1 is 1.20 bits per heavy atom. The first kappa shape index (κ1) is 11.7. The molecule has 4 N–H and O–H groups in total. The van der Waals surface area contributed by atoms with Gasteiger partial charge < -0.3 is 16.4 Å². The lowest BCUT2D eigenvalue weighted by atomic mass is 10.3. The Balaban J connectivity index is 2.65. The zero-order chi connectivity index (χ0) is 11.3. The summed E-state index contributed by atoms with van der Waals surface area (Å²) in [6.45, 7) is 6.73. The molecule has 1 rings (SSSR count). The second kappa shape index (κ2) is 5.50. The van der Waals surface area contributed by atoms with Crippen molar-refractivity contribution in [2.45, 2.75) is 32.9 Å². The van der Waals surface area contributed by atoms with E-state index in [1.807, 2.05) is 13.0 Å². The molecule has 1 atom stereocenters. The number of nitrogens with two attached hydrogens (primary N) is 1. The summed E-state index contributed by atoms with van der Waals surface area (Å²) >= 11 is 0. The standard InChI is InChI=1S/C10H19N5/c1-7(2)14-9-4-10(13-6-12-9)15-8(3)5-11/h4,6-8H,5,11H2,1-3H3,(H2,12,13,14,15). The van der Waals surface area contributed by atoms with E-state index in [2.05, 4.69) is 34.4 Å². The van der Waals surface area contributed by atoms with Crippen LogP contribution in [-0.4, -0.2) is 28.6 Å². The quantitative estimate of drug-likeness (QED) is 0.676. The van der Waals surface area contributed by atoms with Gasteiger partial charge in [0.25, 0.3) is 0 Å². The third-order valence-electron chi connectivity index (χ3n) is 1.85. The molecule has 0 aliphatic heterocycles. The van der Waals surface area contributed by atoms with Gasteiger partial charge in [0.05, 0.1) is 0 Å². The van der Waals surface area contributed by atoms with Crippen LogP contribution in [-0.2, 0) is 0 Å². The van der Waals surface area contributed by atoms with E-state index in [0.29, 0.717) is 12.6 Å². The summed E-state index contributed by atoms with van der Waals surface area (Å²) in [7, 11) is 0. The van der Waals surface area contributed by atoms with Crippen molar-refractivity contribution in [1.82, 2.24) is 9.97 Å². The molecule has 0 spiro atoms. The molecule has 0 aliphatic rings. The summed E-state index contributed by atoms with van der Waals surface area (Å²) in [6, 6.07) is 2.46. The highest BCUT2D eigenvalue weighted by Crippen LogP contribution is 2.10. The molecule has 0 saturated carbocycles. The summed E-state index contributed by atoms with van der Waals surface area (Å²) in [5.74, 6) is 1.62. The number of anilines is 2. The van der Waals surface area contributed by atoms with Gasteiger partial charge in [-0.15, -0.1) is 0 Å². The summed E-state index contributed by atoms with van der Waals surface area (Å²) in [5, 5.41) is 6.40. The van der Waals surface area contributed by atoms with Crippen molar-refractivity contribution in [3.05, 3.63) is 12.4 Å². The first-order chi connectivity index (χ1) is 7.11.